The summed E-state index contributed by atoms with van der Waals surface area (Å²) in [6, 6.07) is 24.9. The van der Waals surface area contributed by atoms with Crippen molar-refractivity contribution in [1.29, 1.82) is 0 Å². The molecule has 1 aliphatic carbocycles. The van der Waals surface area contributed by atoms with Gasteiger partial charge in [-0.15, -0.1) is 6.58 Å². The number of hydrogen-bond acceptors (Lipinski definition) is 6. The van der Waals surface area contributed by atoms with Crippen LogP contribution in [0, 0.1) is 0 Å². The second-order valence-corrected chi connectivity index (χ2v) is 12.4. The molecule has 1 saturated carbocycles. The number of amides is 1. The van der Waals surface area contributed by atoms with Gasteiger partial charge in [0.1, 0.15) is 0 Å². The summed E-state index contributed by atoms with van der Waals surface area (Å²) in [6.07, 6.45) is 7.55. The summed E-state index contributed by atoms with van der Waals surface area (Å²) in [4.78, 5) is 25.3. The van der Waals surface area contributed by atoms with Crippen molar-refractivity contribution < 1.29 is 29.3 Å². The third-order valence-electron chi connectivity index (χ3n) is 8.99. The summed E-state index contributed by atoms with van der Waals surface area (Å²) in [7, 11) is 0. The van der Waals surface area contributed by atoms with Crippen molar-refractivity contribution in [3.63, 3.8) is 0 Å². The van der Waals surface area contributed by atoms with E-state index in [9.17, 15) is 14.7 Å². The van der Waals surface area contributed by atoms with Crippen LogP contribution < -0.4 is 5.32 Å². The standard InChI is InChI=1S/C38H46N2O6/c1-2-21-40(33-9-3-4-10-33)25-34-23-35(30-15-13-27(26-41)14-16-30)46-38(45-34)31-19-17-29(18-20-31)32-8-5-7-28(22-32)24-39-36(42)11-6-12-37(43)44/h2,5,7-8,13-20,22,33-35,38,41H,1,3-4,6,9-12,21,23-26H2,(H,39,42)(H,43,44)/t34-,35+,38+/m1/s1. The fraction of sp³-hybridized carbons (Fsp3) is 0.421. The molecule has 46 heavy (non-hydrogen) atoms. The third-order valence-corrected chi connectivity index (χ3v) is 8.99. The Morgan fingerprint density at radius 1 is 0.913 bits per heavy atom. The Bertz CT molecular complexity index is 1430. The van der Waals surface area contributed by atoms with Gasteiger partial charge in [0.05, 0.1) is 18.8 Å². The Labute approximate surface area is 272 Å². The van der Waals surface area contributed by atoms with Crippen LogP contribution in [0.4, 0.5) is 0 Å². The summed E-state index contributed by atoms with van der Waals surface area (Å²) in [5, 5.41) is 21.2. The molecule has 3 aromatic rings. The number of benzene rings is 3. The highest BCUT2D eigenvalue weighted by molar-refractivity contribution is 5.76. The number of aliphatic hydroxyl groups is 1. The molecule has 0 spiro atoms. The number of carbonyl (C=O) groups excluding carboxylic acids is 1. The number of ether oxygens (including phenoxy) is 2. The van der Waals surface area contributed by atoms with E-state index >= 15 is 0 Å². The number of nitrogens with one attached hydrogen (secondary N) is 1. The zero-order valence-electron chi connectivity index (χ0n) is 26.5. The predicted octanol–water partition coefficient (Wildman–Crippen LogP) is 6.69. The second-order valence-electron chi connectivity index (χ2n) is 12.4. The summed E-state index contributed by atoms with van der Waals surface area (Å²) in [5.41, 5.74) is 5.95. The first-order valence-electron chi connectivity index (χ1n) is 16.4. The fourth-order valence-corrected chi connectivity index (χ4v) is 6.49. The normalized spacial score (nSPS) is 20.1. The summed E-state index contributed by atoms with van der Waals surface area (Å²) in [6.45, 7) is 6.07. The minimum absolute atomic E-state index is 0.0105. The molecule has 3 aromatic carbocycles. The van der Waals surface area contributed by atoms with Gasteiger partial charge in [-0.1, -0.05) is 85.6 Å². The molecule has 0 bridgehead atoms. The Morgan fingerprint density at radius 2 is 1.65 bits per heavy atom. The van der Waals surface area contributed by atoms with Crippen LogP contribution in [0.3, 0.4) is 0 Å². The number of aliphatic carboxylic acids is 1. The second kappa shape index (κ2) is 16.7. The first-order valence-corrected chi connectivity index (χ1v) is 16.4. The molecule has 244 valence electrons. The van der Waals surface area contributed by atoms with Gasteiger partial charge in [0.25, 0.3) is 0 Å². The van der Waals surface area contributed by atoms with Crippen molar-refractivity contribution in [2.45, 2.75) is 89.1 Å². The lowest BCUT2D eigenvalue weighted by Crippen LogP contribution is -2.43. The van der Waals surface area contributed by atoms with Crippen molar-refractivity contribution in [3.05, 3.63) is 108 Å². The largest absolute Gasteiger partial charge is 0.481 e. The van der Waals surface area contributed by atoms with Crippen LogP contribution in [-0.2, 0) is 32.2 Å². The molecule has 8 nitrogen and oxygen atoms in total. The SMILES string of the molecule is C=CCN(C[C@H]1C[C@@H](c2ccc(CO)cc2)O[C@@H](c2ccc(-c3cccc(CNC(=O)CCCC(=O)O)c3)cc2)O1)C1CCCC1. The molecule has 3 atom stereocenters. The Hall–Kier alpha value is -3.82. The lowest BCUT2D eigenvalue weighted by molar-refractivity contribution is -0.253. The number of aliphatic hydroxyl groups excluding tert-OH is 1. The highest BCUT2D eigenvalue weighted by Crippen LogP contribution is 2.39. The minimum atomic E-state index is -0.893. The van der Waals surface area contributed by atoms with Crippen LogP contribution in [0.25, 0.3) is 11.1 Å². The van der Waals surface area contributed by atoms with Crippen LogP contribution in [0.1, 0.15) is 86.0 Å². The molecule has 2 fully saturated rings. The maximum absolute atomic E-state index is 12.1. The van der Waals surface area contributed by atoms with Gasteiger partial charge in [-0.2, -0.15) is 0 Å². The van der Waals surface area contributed by atoms with E-state index in [4.69, 9.17) is 14.6 Å². The van der Waals surface area contributed by atoms with E-state index < -0.39 is 12.3 Å². The van der Waals surface area contributed by atoms with Crippen LogP contribution in [0.15, 0.2) is 85.5 Å². The van der Waals surface area contributed by atoms with E-state index in [0.717, 1.165) is 52.9 Å². The number of rotatable bonds is 15. The molecule has 0 radical (unpaired) electrons. The Balaban J connectivity index is 1.28. The van der Waals surface area contributed by atoms with Crippen LogP contribution in [0.5, 0.6) is 0 Å². The van der Waals surface area contributed by atoms with Crippen LogP contribution >= 0.6 is 0 Å². The van der Waals surface area contributed by atoms with Gasteiger partial charge >= 0.3 is 5.97 Å². The van der Waals surface area contributed by atoms with Crippen LogP contribution in [-0.4, -0.2) is 52.2 Å². The molecular weight excluding hydrogens is 580 g/mol. The van der Waals surface area contributed by atoms with Crippen molar-refractivity contribution in [1.82, 2.24) is 10.2 Å². The molecular formula is C38H46N2O6. The molecule has 1 heterocycles. The monoisotopic (exact) mass is 626 g/mol. The average molecular weight is 627 g/mol. The molecule has 3 N–H and O–H groups in total. The maximum atomic E-state index is 12.1. The highest BCUT2D eigenvalue weighted by atomic mass is 16.7. The molecule has 8 heteroatoms. The van der Waals surface area contributed by atoms with Crippen molar-refractivity contribution in [2.24, 2.45) is 0 Å². The van der Waals surface area contributed by atoms with E-state index in [1.54, 1.807) is 0 Å². The number of hydrogen-bond donors (Lipinski definition) is 3. The van der Waals surface area contributed by atoms with Gasteiger partial charge in [-0.05, 0) is 53.1 Å². The number of carboxylic acids is 1. The maximum Gasteiger partial charge on any atom is 0.303 e. The average Bonchev–Trinajstić information content (AvgIpc) is 3.62. The van der Waals surface area contributed by atoms with Gasteiger partial charge in [-0.25, -0.2) is 0 Å². The van der Waals surface area contributed by atoms with Crippen molar-refractivity contribution in [3.8, 4) is 11.1 Å². The molecule has 1 saturated heterocycles. The van der Waals surface area contributed by atoms with Crippen LogP contribution in [0.2, 0.25) is 0 Å². The van der Waals surface area contributed by atoms with E-state index in [1.165, 1.54) is 25.7 Å². The Morgan fingerprint density at radius 3 is 2.35 bits per heavy atom. The summed E-state index contributed by atoms with van der Waals surface area (Å²) in [5.74, 6) is -1.05. The third kappa shape index (κ3) is 9.36. The molecule has 1 aliphatic heterocycles. The highest BCUT2D eigenvalue weighted by Gasteiger charge is 2.34. The number of carbonyl (C=O) groups is 2. The van der Waals surface area contributed by atoms with Gasteiger partial charge in [0, 0.05) is 50.5 Å². The lowest BCUT2D eigenvalue weighted by Gasteiger charge is -2.39. The summed E-state index contributed by atoms with van der Waals surface area (Å²) < 4.78 is 13.2. The minimum Gasteiger partial charge on any atom is -0.481 e. The molecule has 2 aliphatic rings. The van der Waals surface area contributed by atoms with Gasteiger partial charge in [0.15, 0.2) is 6.29 Å². The van der Waals surface area contributed by atoms with Gasteiger partial charge < -0.3 is 25.0 Å². The quantitative estimate of drug-likeness (QED) is 0.161. The zero-order valence-corrected chi connectivity index (χ0v) is 26.5. The van der Waals surface area contributed by atoms with Gasteiger partial charge in [0.2, 0.25) is 5.91 Å². The molecule has 0 aromatic heterocycles. The fourth-order valence-electron chi connectivity index (χ4n) is 6.49. The summed E-state index contributed by atoms with van der Waals surface area (Å²) >= 11 is 0. The molecule has 5 rings (SSSR count). The first kappa shape index (κ1) is 33.5. The molecule has 0 unspecified atom stereocenters. The smallest absolute Gasteiger partial charge is 0.303 e. The first-order chi connectivity index (χ1) is 22.4. The van der Waals surface area contributed by atoms with E-state index in [0.29, 0.717) is 19.0 Å². The lowest BCUT2D eigenvalue weighted by atomic mass is 9.98. The number of nitrogens with zero attached hydrogens (tertiary/aromatic N) is 1. The predicted molar refractivity (Wildman–Crippen MR) is 178 cm³/mol. The van der Waals surface area contributed by atoms with E-state index in [2.05, 4.69) is 47.1 Å². The molecule has 1 amide bonds. The van der Waals surface area contributed by atoms with Crippen molar-refractivity contribution in [2.75, 3.05) is 13.1 Å². The van der Waals surface area contributed by atoms with E-state index in [-0.39, 0.29) is 37.6 Å². The van der Waals surface area contributed by atoms with Gasteiger partial charge in [-0.3, -0.25) is 14.5 Å². The van der Waals surface area contributed by atoms with E-state index in [1.807, 2.05) is 48.5 Å². The zero-order chi connectivity index (χ0) is 32.3. The topological polar surface area (TPSA) is 108 Å². The Kier molecular flexibility index (Phi) is 12.1. The van der Waals surface area contributed by atoms with Crippen molar-refractivity contribution >= 4 is 11.9 Å². The number of carboxylic acid groups (broad SMARTS) is 1.